The van der Waals surface area contributed by atoms with E-state index >= 15 is 0 Å². The maximum absolute atomic E-state index is 12.4. The Morgan fingerprint density at radius 1 is 0.933 bits per heavy atom. The van der Waals surface area contributed by atoms with Crippen molar-refractivity contribution in [1.29, 1.82) is 0 Å². The van der Waals surface area contributed by atoms with Gasteiger partial charge in [0.15, 0.2) is 5.78 Å². The number of allylic oxidation sites excluding steroid dienone is 1. The number of aryl methyl sites for hydroxylation is 1. The summed E-state index contributed by atoms with van der Waals surface area (Å²) < 4.78 is 16.4. The summed E-state index contributed by atoms with van der Waals surface area (Å²) in [6.45, 7) is 2.27. The number of carbonyl (C=O) groups excluding carboxylic acids is 1. The van der Waals surface area contributed by atoms with Gasteiger partial charge in [0.1, 0.15) is 23.9 Å². The maximum Gasteiger partial charge on any atom is 0.185 e. The molecule has 3 rings (SSSR count). The van der Waals surface area contributed by atoms with Crippen LogP contribution in [0, 0.1) is 6.92 Å². The van der Waals surface area contributed by atoms with E-state index in [1.165, 1.54) is 0 Å². The summed E-state index contributed by atoms with van der Waals surface area (Å²) in [6, 6.07) is 18.3. The number of hydrogen-bond donors (Lipinski definition) is 0. The van der Waals surface area contributed by atoms with E-state index < -0.39 is 0 Å². The third-order valence-electron chi connectivity index (χ3n) is 4.58. The van der Waals surface area contributed by atoms with Crippen molar-refractivity contribution >= 4 is 23.5 Å². The van der Waals surface area contributed by atoms with E-state index in [1.807, 2.05) is 43.3 Å². The largest absolute Gasteiger partial charge is 0.497 e. The van der Waals surface area contributed by atoms with Gasteiger partial charge < -0.3 is 14.2 Å². The van der Waals surface area contributed by atoms with Crippen LogP contribution >= 0.6 is 11.6 Å². The van der Waals surface area contributed by atoms with Crippen molar-refractivity contribution in [3.8, 4) is 17.2 Å². The SMILES string of the molecule is COc1ccc(C(=O)/C=C/c2ccc(OC)c(COc3ccc(C)cc3Cl)c2)cc1. The normalized spacial score (nSPS) is 10.8. The first-order valence-electron chi connectivity index (χ1n) is 9.42. The van der Waals surface area contributed by atoms with Gasteiger partial charge in [-0.3, -0.25) is 4.79 Å². The molecule has 5 heteroatoms. The molecule has 0 aromatic heterocycles. The van der Waals surface area contributed by atoms with Crippen LogP contribution in [0.3, 0.4) is 0 Å². The molecule has 0 aliphatic carbocycles. The van der Waals surface area contributed by atoms with Gasteiger partial charge >= 0.3 is 0 Å². The predicted octanol–water partition coefficient (Wildman–Crippen LogP) is 6.14. The van der Waals surface area contributed by atoms with Crippen molar-refractivity contribution in [1.82, 2.24) is 0 Å². The minimum Gasteiger partial charge on any atom is -0.497 e. The van der Waals surface area contributed by atoms with Crippen molar-refractivity contribution in [3.63, 3.8) is 0 Å². The number of methoxy groups -OCH3 is 2. The lowest BCUT2D eigenvalue weighted by Gasteiger charge is -2.12. The highest BCUT2D eigenvalue weighted by molar-refractivity contribution is 6.32. The molecule has 0 radical (unpaired) electrons. The van der Waals surface area contributed by atoms with E-state index in [-0.39, 0.29) is 5.78 Å². The minimum absolute atomic E-state index is 0.0855. The summed E-state index contributed by atoms with van der Waals surface area (Å²) in [5, 5.41) is 0.565. The van der Waals surface area contributed by atoms with E-state index in [0.29, 0.717) is 34.4 Å². The molecule has 3 aromatic carbocycles. The molecule has 0 saturated heterocycles. The summed E-state index contributed by atoms with van der Waals surface area (Å²) in [5.41, 5.74) is 3.39. The number of ketones is 1. The van der Waals surface area contributed by atoms with Gasteiger partial charge in [-0.1, -0.05) is 29.8 Å². The van der Waals surface area contributed by atoms with Gasteiger partial charge in [0.2, 0.25) is 0 Å². The van der Waals surface area contributed by atoms with Crippen LogP contribution in [0.5, 0.6) is 17.2 Å². The molecule has 0 heterocycles. The summed E-state index contributed by atoms with van der Waals surface area (Å²) in [5.74, 6) is 1.94. The van der Waals surface area contributed by atoms with Crippen LogP contribution in [0.4, 0.5) is 0 Å². The molecule has 30 heavy (non-hydrogen) atoms. The second kappa shape index (κ2) is 9.99. The Labute approximate surface area is 181 Å². The number of benzene rings is 3. The van der Waals surface area contributed by atoms with Gasteiger partial charge in [0.05, 0.1) is 19.2 Å². The van der Waals surface area contributed by atoms with Gasteiger partial charge in [0, 0.05) is 11.1 Å². The van der Waals surface area contributed by atoms with Gasteiger partial charge in [-0.05, 0) is 72.7 Å². The molecule has 0 fully saturated rings. The molecule has 154 valence electrons. The average Bonchev–Trinajstić information content (AvgIpc) is 2.77. The molecule has 0 saturated carbocycles. The number of rotatable bonds is 8. The quantitative estimate of drug-likeness (QED) is 0.323. The third-order valence-corrected chi connectivity index (χ3v) is 4.87. The van der Waals surface area contributed by atoms with E-state index in [0.717, 1.165) is 16.7 Å². The highest BCUT2D eigenvalue weighted by Crippen LogP contribution is 2.28. The molecule has 0 aliphatic rings. The molecular formula is C25H23ClO4. The highest BCUT2D eigenvalue weighted by atomic mass is 35.5. The highest BCUT2D eigenvalue weighted by Gasteiger charge is 2.08. The van der Waals surface area contributed by atoms with E-state index in [4.69, 9.17) is 25.8 Å². The van der Waals surface area contributed by atoms with Gasteiger partial charge in [0.25, 0.3) is 0 Å². The third kappa shape index (κ3) is 5.43. The molecule has 0 spiro atoms. The summed E-state index contributed by atoms with van der Waals surface area (Å²) in [7, 11) is 3.20. The summed E-state index contributed by atoms with van der Waals surface area (Å²) in [4.78, 5) is 12.4. The standard InChI is InChI=1S/C25H23ClO4/c1-17-4-12-25(22(26)14-17)30-16-20-15-18(6-13-24(20)29-3)5-11-23(27)19-7-9-21(28-2)10-8-19/h4-15H,16H2,1-3H3/b11-5+. The second-order valence-electron chi connectivity index (χ2n) is 6.72. The Kier molecular flexibility index (Phi) is 7.15. The number of halogens is 1. The molecule has 0 bridgehead atoms. The Morgan fingerprint density at radius 2 is 1.67 bits per heavy atom. The molecule has 0 aliphatic heterocycles. The average molecular weight is 423 g/mol. The lowest BCUT2D eigenvalue weighted by atomic mass is 10.1. The predicted molar refractivity (Wildman–Crippen MR) is 120 cm³/mol. The van der Waals surface area contributed by atoms with Crippen LogP contribution in [-0.4, -0.2) is 20.0 Å². The van der Waals surface area contributed by atoms with Crippen LogP contribution in [0.25, 0.3) is 6.08 Å². The molecule has 4 nitrogen and oxygen atoms in total. The van der Waals surface area contributed by atoms with Crippen LogP contribution in [0.1, 0.15) is 27.0 Å². The molecule has 0 N–H and O–H groups in total. The fourth-order valence-corrected chi connectivity index (χ4v) is 3.21. The smallest absolute Gasteiger partial charge is 0.185 e. The molecule has 0 amide bonds. The van der Waals surface area contributed by atoms with Gasteiger partial charge in [-0.2, -0.15) is 0 Å². The first kappa shape index (κ1) is 21.5. The fraction of sp³-hybridized carbons (Fsp3) is 0.160. The zero-order valence-electron chi connectivity index (χ0n) is 17.1. The topological polar surface area (TPSA) is 44.8 Å². The van der Waals surface area contributed by atoms with E-state index in [1.54, 1.807) is 50.6 Å². The first-order chi connectivity index (χ1) is 14.5. The minimum atomic E-state index is -0.0855. The van der Waals surface area contributed by atoms with E-state index in [2.05, 4.69) is 0 Å². The molecule has 3 aromatic rings. The van der Waals surface area contributed by atoms with Crippen LogP contribution in [-0.2, 0) is 6.61 Å². The first-order valence-corrected chi connectivity index (χ1v) is 9.80. The lowest BCUT2D eigenvalue weighted by Crippen LogP contribution is -2.00. The summed E-state index contributed by atoms with van der Waals surface area (Å²) in [6.07, 6.45) is 3.32. The van der Waals surface area contributed by atoms with Crippen LogP contribution in [0.2, 0.25) is 5.02 Å². The van der Waals surface area contributed by atoms with Gasteiger partial charge in [-0.15, -0.1) is 0 Å². The zero-order chi connectivity index (χ0) is 21.5. The monoisotopic (exact) mass is 422 g/mol. The summed E-state index contributed by atoms with van der Waals surface area (Å²) >= 11 is 6.25. The molecule has 0 unspecified atom stereocenters. The van der Waals surface area contributed by atoms with E-state index in [9.17, 15) is 4.79 Å². The van der Waals surface area contributed by atoms with Crippen molar-refractivity contribution in [3.05, 3.63) is 94.0 Å². The van der Waals surface area contributed by atoms with Crippen LogP contribution < -0.4 is 14.2 Å². The van der Waals surface area contributed by atoms with Gasteiger partial charge in [-0.25, -0.2) is 0 Å². The number of hydrogen-bond acceptors (Lipinski definition) is 4. The Bertz CT molecular complexity index is 1060. The maximum atomic E-state index is 12.4. The van der Waals surface area contributed by atoms with Crippen molar-refractivity contribution < 1.29 is 19.0 Å². The molecular weight excluding hydrogens is 400 g/mol. The van der Waals surface area contributed by atoms with Crippen LogP contribution in [0.15, 0.2) is 66.7 Å². The number of ether oxygens (including phenoxy) is 3. The second-order valence-corrected chi connectivity index (χ2v) is 7.13. The number of carbonyl (C=O) groups is 1. The van der Waals surface area contributed by atoms with Crippen molar-refractivity contribution in [2.24, 2.45) is 0 Å². The Morgan fingerprint density at radius 3 is 2.33 bits per heavy atom. The zero-order valence-corrected chi connectivity index (χ0v) is 17.9. The van der Waals surface area contributed by atoms with Crippen molar-refractivity contribution in [2.75, 3.05) is 14.2 Å². The molecule has 0 atom stereocenters. The Hall–Kier alpha value is -3.24. The Balaban J connectivity index is 1.74. The lowest BCUT2D eigenvalue weighted by molar-refractivity contribution is 0.104. The fourth-order valence-electron chi connectivity index (χ4n) is 2.92. The van der Waals surface area contributed by atoms with Crippen molar-refractivity contribution in [2.45, 2.75) is 13.5 Å².